The van der Waals surface area contributed by atoms with Crippen molar-refractivity contribution in [3.8, 4) is 0 Å². The van der Waals surface area contributed by atoms with Gasteiger partial charge in [0.05, 0.1) is 5.92 Å². The number of nitrogens with zero attached hydrogens (tertiary/aromatic N) is 3. The third kappa shape index (κ3) is 3.05. The predicted octanol–water partition coefficient (Wildman–Crippen LogP) is 2.34. The maximum absolute atomic E-state index is 11.3. The van der Waals surface area contributed by atoms with Gasteiger partial charge in [0.1, 0.15) is 5.82 Å². The van der Waals surface area contributed by atoms with E-state index in [0.29, 0.717) is 18.6 Å². The van der Waals surface area contributed by atoms with Gasteiger partial charge in [0.2, 0.25) is 0 Å². The fourth-order valence-electron chi connectivity index (χ4n) is 4.01. The lowest BCUT2D eigenvalue weighted by Crippen LogP contribution is -2.45. The number of hydrogen-bond donors (Lipinski definition) is 1. The van der Waals surface area contributed by atoms with Crippen molar-refractivity contribution in [2.45, 2.75) is 71.0 Å². The number of carboxylic acids is 1. The monoisotopic (exact) mass is 305 g/mol. The highest BCUT2D eigenvalue weighted by molar-refractivity contribution is 5.70. The summed E-state index contributed by atoms with van der Waals surface area (Å²) in [6, 6.07) is 1.11. The van der Waals surface area contributed by atoms with Crippen molar-refractivity contribution >= 4 is 5.97 Å². The zero-order valence-electron chi connectivity index (χ0n) is 13.7. The smallest absolute Gasteiger partial charge is 0.308 e. The number of aliphatic carboxylic acids is 1. The molecule has 1 aromatic heterocycles. The Bertz CT molecular complexity index is 538. The molecule has 1 aromatic rings. The zero-order valence-corrected chi connectivity index (χ0v) is 13.7. The SMILES string of the molecule is CC(C)N1CCCCC1Cc1ncc2n1CC(C(=O)O)CC2. The van der Waals surface area contributed by atoms with Gasteiger partial charge >= 0.3 is 5.97 Å². The van der Waals surface area contributed by atoms with E-state index >= 15 is 0 Å². The van der Waals surface area contributed by atoms with Crippen molar-refractivity contribution in [1.29, 1.82) is 0 Å². The maximum Gasteiger partial charge on any atom is 0.308 e. The van der Waals surface area contributed by atoms with E-state index < -0.39 is 5.97 Å². The van der Waals surface area contributed by atoms with Gasteiger partial charge in [0.15, 0.2) is 0 Å². The van der Waals surface area contributed by atoms with Crippen LogP contribution >= 0.6 is 0 Å². The molecule has 5 nitrogen and oxygen atoms in total. The van der Waals surface area contributed by atoms with Crippen LogP contribution in [0.3, 0.4) is 0 Å². The minimum absolute atomic E-state index is 0.256. The molecule has 0 aliphatic carbocycles. The lowest BCUT2D eigenvalue weighted by atomic mass is 9.96. The van der Waals surface area contributed by atoms with E-state index in [0.717, 1.165) is 25.1 Å². The van der Waals surface area contributed by atoms with E-state index in [2.05, 4.69) is 28.3 Å². The molecule has 2 aliphatic heterocycles. The summed E-state index contributed by atoms with van der Waals surface area (Å²) in [5.41, 5.74) is 1.21. The van der Waals surface area contributed by atoms with Crippen LogP contribution in [0.25, 0.3) is 0 Å². The molecule has 0 spiro atoms. The van der Waals surface area contributed by atoms with Gasteiger partial charge in [0, 0.05) is 36.9 Å². The summed E-state index contributed by atoms with van der Waals surface area (Å²) < 4.78 is 2.18. The lowest BCUT2D eigenvalue weighted by Gasteiger charge is -2.38. The van der Waals surface area contributed by atoms with Crippen LogP contribution in [0.15, 0.2) is 6.20 Å². The fourth-order valence-corrected chi connectivity index (χ4v) is 4.01. The van der Waals surface area contributed by atoms with E-state index in [9.17, 15) is 9.90 Å². The van der Waals surface area contributed by atoms with Gasteiger partial charge in [-0.15, -0.1) is 0 Å². The van der Waals surface area contributed by atoms with Crippen LogP contribution in [0, 0.1) is 5.92 Å². The minimum atomic E-state index is -0.674. The number of fused-ring (bicyclic) bond motifs is 1. The van der Waals surface area contributed by atoms with Crippen LogP contribution in [0.4, 0.5) is 0 Å². The summed E-state index contributed by atoms with van der Waals surface area (Å²) in [6.07, 6.45) is 8.28. The number of aromatic nitrogens is 2. The first-order valence-corrected chi connectivity index (χ1v) is 8.58. The molecule has 22 heavy (non-hydrogen) atoms. The highest BCUT2D eigenvalue weighted by Crippen LogP contribution is 2.26. The lowest BCUT2D eigenvalue weighted by molar-refractivity contribution is -0.142. The van der Waals surface area contributed by atoms with Gasteiger partial charge in [-0.05, 0) is 46.1 Å². The molecular weight excluding hydrogens is 278 g/mol. The average molecular weight is 305 g/mol. The molecule has 0 saturated carbocycles. The third-order valence-electron chi connectivity index (χ3n) is 5.28. The van der Waals surface area contributed by atoms with Gasteiger partial charge in [0.25, 0.3) is 0 Å². The Balaban J connectivity index is 1.76. The Morgan fingerprint density at radius 1 is 1.41 bits per heavy atom. The Hall–Kier alpha value is -1.36. The first kappa shape index (κ1) is 15.5. The number of hydrogen-bond acceptors (Lipinski definition) is 3. The van der Waals surface area contributed by atoms with Crippen LogP contribution in [-0.4, -0.2) is 44.2 Å². The van der Waals surface area contributed by atoms with Gasteiger partial charge in [-0.2, -0.15) is 0 Å². The molecule has 3 heterocycles. The van der Waals surface area contributed by atoms with Crippen LogP contribution in [0.1, 0.15) is 51.0 Å². The minimum Gasteiger partial charge on any atom is -0.481 e. The van der Waals surface area contributed by atoms with E-state index in [4.69, 9.17) is 0 Å². The third-order valence-corrected chi connectivity index (χ3v) is 5.28. The van der Waals surface area contributed by atoms with Crippen molar-refractivity contribution in [3.63, 3.8) is 0 Å². The molecule has 0 bridgehead atoms. The average Bonchev–Trinajstić information content (AvgIpc) is 2.90. The van der Waals surface area contributed by atoms with Gasteiger partial charge in [-0.25, -0.2) is 4.98 Å². The van der Waals surface area contributed by atoms with Crippen LogP contribution < -0.4 is 0 Å². The van der Waals surface area contributed by atoms with Gasteiger partial charge in [-0.3, -0.25) is 9.69 Å². The molecule has 122 valence electrons. The zero-order chi connectivity index (χ0) is 15.7. The molecule has 1 saturated heterocycles. The second-order valence-corrected chi connectivity index (χ2v) is 7.04. The van der Waals surface area contributed by atoms with E-state index in [1.165, 1.54) is 31.5 Å². The first-order chi connectivity index (χ1) is 10.6. The van der Waals surface area contributed by atoms with Crippen LogP contribution in [-0.2, 0) is 24.2 Å². The molecule has 5 heteroatoms. The molecule has 0 radical (unpaired) electrons. The number of aryl methyl sites for hydroxylation is 1. The number of rotatable bonds is 4. The number of carbonyl (C=O) groups is 1. The number of likely N-dealkylation sites (tertiary alicyclic amines) is 1. The standard InChI is InChI=1S/C17H27N3O2/c1-12(2)19-8-4-3-5-14(19)9-16-18-10-15-7-6-13(17(21)22)11-20(15)16/h10,12-14H,3-9,11H2,1-2H3,(H,21,22). The quantitative estimate of drug-likeness (QED) is 0.927. The molecule has 1 fully saturated rings. The Labute approximate surface area is 132 Å². The van der Waals surface area contributed by atoms with Crippen LogP contribution in [0.2, 0.25) is 0 Å². The summed E-state index contributed by atoms with van der Waals surface area (Å²) in [4.78, 5) is 18.5. The molecule has 0 amide bonds. The van der Waals surface area contributed by atoms with Crippen molar-refractivity contribution in [1.82, 2.24) is 14.5 Å². The van der Waals surface area contributed by atoms with Crippen molar-refractivity contribution in [2.24, 2.45) is 5.92 Å². The predicted molar refractivity (Wildman–Crippen MR) is 84.9 cm³/mol. The van der Waals surface area contributed by atoms with E-state index in [1.54, 1.807) is 0 Å². The van der Waals surface area contributed by atoms with Crippen molar-refractivity contribution < 1.29 is 9.90 Å². The highest BCUT2D eigenvalue weighted by Gasteiger charge is 2.29. The van der Waals surface area contributed by atoms with E-state index in [1.807, 2.05) is 6.20 Å². The highest BCUT2D eigenvalue weighted by atomic mass is 16.4. The summed E-state index contributed by atoms with van der Waals surface area (Å²) in [5.74, 6) is 0.151. The maximum atomic E-state index is 11.3. The number of piperidine rings is 1. The molecule has 2 unspecified atom stereocenters. The molecule has 3 rings (SSSR count). The molecule has 1 N–H and O–H groups in total. The topological polar surface area (TPSA) is 58.4 Å². The Morgan fingerprint density at radius 2 is 2.23 bits per heavy atom. The molecular formula is C17H27N3O2. The fraction of sp³-hybridized carbons (Fsp3) is 0.765. The van der Waals surface area contributed by atoms with E-state index in [-0.39, 0.29) is 5.92 Å². The van der Waals surface area contributed by atoms with Crippen LogP contribution in [0.5, 0.6) is 0 Å². The van der Waals surface area contributed by atoms with Crippen molar-refractivity contribution in [3.05, 3.63) is 17.7 Å². The van der Waals surface area contributed by atoms with Crippen molar-refractivity contribution in [2.75, 3.05) is 6.54 Å². The second-order valence-electron chi connectivity index (χ2n) is 7.04. The number of carboxylic acid groups (broad SMARTS) is 1. The largest absolute Gasteiger partial charge is 0.481 e. The summed E-state index contributed by atoms with van der Waals surface area (Å²) >= 11 is 0. The molecule has 2 aliphatic rings. The summed E-state index contributed by atoms with van der Waals surface area (Å²) in [6.45, 7) is 6.29. The Morgan fingerprint density at radius 3 is 2.95 bits per heavy atom. The van der Waals surface area contributed by atoms with Gasteiger partial charge < -0.3 is 9.67 Å². The Kier molecular flexibility index (Phi) is 4.52. The molecule has 0 aromatic carbocycles. The number of imidazole rings is 1. The second kappa shape index (κ2) is 6.41. The van der Waals surface area contributed by atoms with Gasteiger partial charge in [-0.1, -0.05) is 6.42 Å². The first-order valence-electron chi connectivity index (χ1n) is 8.58. The molecule has 2 atom stereocenters. The normalized spacial score (nSPS) is 26.1. The summed E-state index contributed by atoms with van der Waals surface area (Å²) in [5, 5.41) is 9.29. The summed E-state index contributed by atoms with van der Waals surface area (Å²) in [7, 11) is 0.